The third-order valence-electron chi connectivity index (χ3n) is 4.86. The van der Waals surface area contributed by atoms with Gasteiger partial charge in [-0.3, -0.25) is 14.2 Å². The van der Waals surface area contributed by atoms with Crippen molar-refractivity contribution in [2.45, 2.75) is 59.2 Å². The second-order valence-electron chi connectivity index (χ2n) is 8.33. The first kappa shape index (κ1) is 35.2. The number of nitrogens with one attached hydrogen (secondary N) is 1. The summed E-state index contributed by atoms with van der Waals surface area (Å²) in [5.74, 6) is -5.59. The predicted octanol–water partition coefficient (Wildman–Crippen LogP) is 0.873. The van der Waals surface area contributed by atoms with Crippen LogP contribution in [0.1, 0.15) is 40.2 Å². The Morgan fingerprint density at radius 1 is 1.06 bits per heavy atom. The molecule has 1 aromatic carbocycles. The minimum Gasteiger partial charge on any atom is -0.642 e. The van der Waals surface area contributed by atoms with Crippen LogP contribution in [-0.2, 0) is 34.8 Å². The van der Waals surface area contributed by atoms with Gasteiger partial charge in [-0.15, -0.1) is 0 Å². The number of hydrogen-bond acceptors (Lipinski definition) is 7. The number of carboxylic acids is 1. The van der Waals surface area contributed by atoms with Crippen LogP contribution >= 0.6 is 23.3 Å². The van der Waals surface area contributed by atoms with Crippen molar-refractivity contribution in [1.29, 1.82) is 0 Å². The molecule has 0 radical (unpaired) electrons. The Hall–Kier alpha value is -0.794. The largest absolute Gasteiger partial charge is 1.00 e. The van der Waals surface area contributed by atoms with Crippen molar-refractivity contribution in [1.82, 2.24) is 5.32 Å². The van der Waals surface area contributed by atoms with Crippen molar-refractivity contribution in [3.8, 4) is 0 Å². The van der Waals surface area contributed by atoms with Crippen LogP contribution in [0.3, 0.4) is 0 Å². The Kier molecular flexibility index (Phi) is 15.9. The molecule has 1 aromatic rings. The predicted molar refractivity (Wildman–Crippen MR) is 131 cm³/mol. The van der Waals surface area contributed by atoms with Gasteiger partial charge < -0.3 is 34.9 Å². The number of halogens is 1. The summed E-state index contributed by atoms with van der Waals surface area (Å²) in [6.45, 7) is 7.03. The molecular weight excluding hydrogens is 586 g/mol. The average Bonchev–Trinajstić information content (AvgIpc) is 2.73. The fraction of sp³-hybridized carbons (Fsp3) is 0.545. The summed E-state index contributed by atoms with van der Waals surface area (Å²) in [6.07, 6.45) is -2.84. The molecule has 0 bridgehead atoms. The van der Waals surface area contributed by atoms with E-state index in [9.17, 15) is 28.6 Å². The van der Waals surface area contributed by atoms with Crippen molar-refractivity contribution in [2.24, 2.45) is 11.8 Å². The first-order valence-corrected chi connectivity index (χ1v) is 13.5. The summed E-state index contributed by atoms with van der Waals surface area (Å²) in [7, 11) is -4.20. The molecule has 0 saturated carbocycles. The molecule has 11 nitrogen and oxygen atoms in total. The van der Waals surface area contributed by atoms with Gasteiger partial charge in [0.2, 0.25) is 13.7 Å². The molecule has 0 saturated heterocycles. The minimum atomic E-state index is -4.20. The van der Waals surface area contributed by atoms with E-state index in [1.807, 2.05) is 0 Å². The molecule has 3 N–H and O–H groups in total. The normalized spacial score (nSPS) is 15.8. The monoisotopic (exact) mass is 616 g/mol. The first-order chi connectivity index (χ1) is 16.1. The number of carbonyl (C=O) groups excluding carboxylic acids is 3. The number of benzene rings is 1. The fourth-order valence-corrected chi connectivity index (χ4v) is 4.54. The Balaban J connectivity index is 0.0000122. The molecule has 0 aliphatic rings. The second kappa shape index (κ2) is 16.2. The third kappa shape index (κ3) is 12.6. The quantitative estimate of drug-likeness (QED) is 0.133. The number of rotatable bonds is 12. The number of hydrogen-bond donors (Lipinski definition) is 3. The molecule has 0 fully saturated rings. The number of carboxylic acid groups (broad SMARTS) is 1. The van der Waals surface area contributed by atoms with Gasteiger partial charge in [0.1, 0.15) is 5.78 Å². The van der Waals surface area contributed by atoms with Gasteiger partial charge >= 0.3 is 63.4 Å². The van der Waals surface area contributed by atoms with E-state index in [2.05, 4.69) is 26.6 Å². The van der Waals surface area contributed by atoms with Gasteiger partial charge in [0.05, 0.1) is 11.8 Å². The van der Waals surface area contributed by atoms with Gasteiger partial charge in [0.25, 0.3) is 5.97 Å². The molecule has 36 heavy (non-hydrogen) atoms. The number of aliphatic carboxylic acids is 1. The number of alkyl carbamates (subject to hydrolysis) is 1. The molecule has 0 aliphatic heterocycles. The van der Waals surface area contributed by atoms with E-state index in [0.717, 1.165) is 4.47 Å². The van der Waals surface area contributed by atoms with Crippen molar-refractivity contribution < 1.29 is 94.6 Å². The van der Waals surface area contributed by atoms with Crippen LogP contribution in [0, 0.1) is 11.8 Å². The van der Waals surface area contributed by atoms with Crippen LogP contribution in [0.15, 0.2) is 28.7 Å². The maximum atomic E-state index is 13.1. The summed E-state index contributed by atoms with van der Waals surface area (Å²) in [5.41, 5.74) is 0.672. The smallest absolute Gasteiger partial charge is 0.642 e. The van der Waals surface area contributed by atoms with Crippen molar-refractivity contribution >= 4 is 47.2 Å². The van der Waals surface area contributed by atoms with E-state index in [1.54, 1.807) is 38.1 Å². The number of amides is 2. The van der Waals surface area contributed by atoms with E-state index in [4.69, 9.17) is 14.6 Å². The molecule has 0 heterocycles. The van der Waals surface area contributed by atoms with E-state index in [-0.39, 0.29) is 57.8 Å². The zero-order valence-corrected chi connectivity index (χ0v) is 26.7. The SMILES string of the molecule is CC(OC(=O)NC(C)P(=O)(O)C[C@@H](Cc1ccc(Br)cc1)C(=O)[N-]C(C)C(=O)O)OC(=O)C(C)C.[K+]. The van der Waals surface area contributed by atoms with Crippen LogP contribution in [0.5, 0.6) is 0 Å². The van der Waals surface area contributed by atoms with Gasteiger partial charge in [-0.25, -0.2) is 4.79 Å². The summed E-state index contributed by atoms with van der Waals surface area (Å²) >= 11 is 3.30. The minimum absolute atomic E-state index is 0. The van der Waals surface area contributed by atoms with E-state index < -0.39 is 67.4 Å². The number of carbonyl (C=O) groups is 4. The average molecular weight is 617 g/mol. The zero-order valence-electron chi connectivity index (χ0n) is 21.1. The molecule has 2 amide bonds. The molecule has 0 aromatic heterocycles. The summed E-state index contributed by atoms with van der Waals surface area (Å²) in [5, 5.41) is 14.9. The van der Waals surface area contributed by atoms with E-state index >= 15 is 0 Å². The summed E-state index contributed by atoms with van der Waals surface area (Å²) in [4.78, 5) is 58.2. The fourth-order valence-electron chi connectivity index (χ4n) is 2.74. The molecule has 0 spiro atoms. The molecule has 1 rings (SSSR count). The molecule has 14 heteroatoms. The van der Waals surface area contributed by atoms with Crippen molar-refractivity contribution in [3.63, 3.8) is 0 Å². The Labute approximate surface area is 261 Å². The number of esters is 1. The molecule has 4 unspecified atom stereocenters. The Bertz CT molecular complexity index is 961. The van der Waals surface area contributed by atoms with Crippen LogP contribution < -0.4 is 56.7 Å². The van der Waals surface area contributed by atoms with Crippen molar-refractivity contribution in [2.75, 3.05) is 6.16 Å². The van der Waals surface area contributed by atoms with Gasteiger partial charge in [0.15, 0.2) is 0 Å². The molecule has 0 aliphatic carbocycles. The van der Waals surface area contributed by atoms with Gasteiger partial charge in [0, 0.05) is 23.5 Å². The first-order valence-electron chi connectivity index (χ1n) is 10.8. The third-order valence-corrected chi connectivity index (χ3v) is 7.70. The summed E-state index contributed by atoms with van der Waals surface area (Å²) in [6, 6.07) is 5.58. The standard InChI is InChI=1S/C22H32BrN2O9P.K/c1-12(2)21(29)33-15(5)34-22(30)25-14(4)35(31,32)11-17(19(26)24-13(3)20(27)28)10-16-6-8-18(23)9-7-16;/h6-9,12-15,17H,10-11H2,1-5H3,(H4,24,25,26,27,28,30,31,32);/q;+1/p-1/t13?,14?,15?,17-;/m1./s1. The van der Waals surface area contributed by atoms with Gasteiger partial charge in [-0.05, 0) is 37.1 Å². The Morgan fingerprint density at radius 2 is 1.61 bits per heavy atom. The zero-order chi connectivity index (χ0) is 26.9. The maximum absolute atomic E-state index is 13.1. The van der Waals surface area contributed by atoms with Gasteiger partial charge in [-0.1, -0.05) is 48.8 Å². The van der Waals surface area contributed by atoms with Crippen LogP contribution in [0.25, 0.3) is 5.32 Å². The number of nitrogens with zero attached hydrogens (tertiary/aromatic N) is 1. The number of ether oxygens (including phenoxy) is 2. The van der Waals surface area contributed by atoms with Crippen LogP contribution in [0.2, 0.25) is 0 Å². The van der Waals surface area contributed by atoms with E-state index in [1.165, 1.54) is 20.8 Å². The maximum Gasteiger partial charge on any atom is 1.00 e. The second-order valence-corrected chi connectivity index (χ2v) is 11.9. The van der Waals surface area contributed by atoms with Crippen LogP contribution in [0.4, 0.5) is 4.79 Å². The molecular formula is C22H31BrKN2O9P. The van der Waals surface area contributed by atoms with E-state index in [0.29, 0.717) is 5.56 Å². The van der Waals surface area contributed by atoms with Crippen LogP contribution in [-0.4, -0.2) is 58.2 Å². The topological polar surface area (TPSA) is 170 Å². The van der Waals surface area contributed by atoms with Crippen molar-refractivity contribution in [3.05, 3.63) is 39.6 Å². The molecule has 5 atom stereocenters. The van der Waals surface area contributed by atoms with Gasteiger partial charge in [-0.2, -0.15) is 0 Å². The summed E-state index contributed by atoms with van der Waals surface area (Å²) < 4.78 is 23.7. The molecule has 196 valence electrons. The Morgan fingerprint density at radius 3 is 2.11 bits per heavy atom.